The lowest BCUT2D eigenvalue weighted by molar-refractivity contribution is -0.118. The average Bonchev–Trinajstić information content (AvgIpc) is 3.03. The summed E-state index contributed by atoms with van der Waals surface area (Å²) >= 11 is 1.41. The summed E-state index contributed by atoms with van der Waals surface area (Å²) in [5.74, 6) is 1.99. The number of carbonyl (C=O) groups is 1. The Kier molecular flexibility index (Phi) is 7.11. The molecule has 0 saturated carbocycles. The normalized spacial score (nSPS) is 10.6. The number of carbonyl (C=O) groups excluding carboxylic acids is 1. The van der Waals surface area contributed by atoms with Gasteiger partial charge in [-0.25, -0.2) is 0 Å². The molecule has 0 radical (unpaired) electrons. The molecule has 130 valence electrons. The van der Waals surface area contributed by atoms with Crippen molar-refractivity contribution in [3.8, 4) is 17.1 Å². The number of aromatic nitrogens is 3. The average molecular weight is 348 g/mol. The third-order valence-corrected chi connectivity index (χ3v) is 4.53. The minimum atomic E-state index is 0.0325. The first-order valence-corrected chi connectivity index (χ1v) is 9.15. The molecule has 1 amide bonds. The van der Waals surface area contributed by atoms with Crippen molar-refractivity contribution in [1.29, 1.82) is 0 Å². The fourth-order valence-electron chi connectivity index (χ4n) is 2.22. The van der Waals surface area contributed by atoms with E-state index in [2.05, 4.69) is 22.4 Å². The molecule has 1 heterocycles. The lowest BCUT2D eigenvalue weighted by atomic mass is 10.2. The molecule has 0 saturated heterocycles. The number of hydrogen-bond acceptors (Lipinski definition) is 5. The van der Waals surface area contributed by atoms with Crippen LogP contribution in [-0.2, 0) is 11.3 Å². The molecule has 0 bridgehead atoms. The summed E-state index contributed by atoms with van der Waals surface area (Å²) in [5.41, 5.74) is 0.976. The van der Waals surface area contributed by atoms with Gasteiger partial charge in [-0.3, -0.25) is 4.79 Å². The molecule has 0 aliphatic heterocycles. The van der Waals surface area contributed by atoms with Gasteiger partial charge in [-0.1, -0.05) is 25.1 Å². The van der Waals surface area contributed by atoms with Gasteiger partial charge in [0.15, 0.2) is 11.0 Å². The van der Waals surface area contributed by atoms with Gasteiger partial charge in [0.2, 0.25) is 5.91 Å². The Hall–Kier alpha value is -2.02. The van der Waals surface area contributed by atoms with Crippen LogP contribution in [-0.4, -0.2) is 40.1 Å². The molecule has 1 aromatic carbocycles. The topological polar surface area (TPSA) is 69.0 Å². The predicted molar refractivity (Wildman–Crippen MR) is 96.3 cm³/mol. The molecule has 0 unspecified atom stereocenters. The molecule has 0 fully saturated rings. The van der Waals surface area contributed by atoms with Crippen LogP contribution in [0, 0.1) is 0 Å². The molecule has 0 atom stereocenters. The highest BCUT2D eigenvalue weighted by Gasteiger charge is 2.14. The third-order valence-electron chi connectivity index (χ3n) is 3.57. The van der Waals surface area contributed by atoms with Gasteiger partial charge in [0, 0.05) is 18.7 Å². The molecule has 2 rings (SSSR count). The van der Waals surface area contributed by atoms with E-state index in [1.54, 1.807) is 7.11 Å². The molecule has 0 aliphatic carbocycles. The highest BCUT2D eigenvalue weighted by Crippen LogP contribution is 2.25. The minimum absolute atomic E-state index is 0.0325. The van der Waals surface area contributed by atoms with Crippen molar-refractivity contribution in [3.05, 3.63) is 24.3 Å². The molecule has 0 aliphatic rings. The number of nitrogens with one attached hydrogen (secondary N) is 1. The maximum absolute atomic E-state index is 11.8. The summed E-state index contributed by atoms with van der Waals surface area (Å²) in [6, 6.07) is 7.72. The lowest BCUT2D eigenvalue weighted by Crippen LogP contribution is -2.26. The molecule has 1 N–H and O–H groups in total. The fourth-order valence-corrected chi connectivity index (χ4v) is 3.05. The van der Waals surface area contributed by atoms with E-state index < -0.39 is 0 Å². The number of benzene rings is 1. The van der Waals surface area contributed by atoms with Crippen LogP contribution in [0.2, 0.25) is 0 Å². The number of hydrogen-bond donors (Lipinski definition) is 1. The summed E-state index contributed by atoms with van der Waals surface area (Å²) < 4.78 is 7.20. The van der Waals surface area contributed by atoms with E-state index in [0.717, 1.165) is 48.2 Å². The summed E-state index contributed by atoms with van der Waals surface area (Å²) in [5, 5.41) is 12.2. The van der Waals surface area contributed by atoms with E-state index in [0.29, 0.717) is 5.75 Å². The fraction of sp³-hybridized carbons (Fsp3) is 0.471. The van der Waals surface area contributed by atoms with E-state index in [-0.39, 0.29) is 5.91 Å². The van der Waals surface area contributed by atoms with Crippen molar-refractivity contribution >= 4 is 17.7 Å². The Bertz CT molecular complexity index is 655. The highest BCUT2D eigenvalue weighted by molar-refractivity contribution is 7.99. The molecular formula is C17H24N4O2S. The van der Waals surface area contributed by atoms with Crippen molar-refractivity contribution in [2.45, 2.75) is 38.4 Å². The number of amides is 1. The highest BCUT2D eigenvalue weighted by atomic mass is 32.2. The standard InChI is InChI=1S/C17H24N4O2S/c1-4-6-11-18-15(22)12-24-17-20-19-16(21(17)5-2)13-7-9-14(23-3)10-8-13/h7-10H,4-6,11-12H2,1-3H3,(H,18,22). The second-order valence-electron chi connectivity index (χ2n) is 5.27. The van der Waals surface area contributed by atoms with Gasteiger partial charge in [0.05, 0.1) is 12.9 Å². The largest absolute Gasteiger partial charge is 0.497 e. The van der Waals surface area contributed by atoms with Crippen molar-refractivity contribution < 1.29 is 9.53 Å². The summed E-state index contributed by atoms with van der Waals surface area (Å²) in [6.45, 7) is 5.62. The van der Waals surface area contributed by atoms with Crippen molar-refractivity contribution in [3.63, 3.8) is 0 Å². The molecule has 6 nitrogen and oxygen atoms in total. The second-order valence-corrected chi connectivity index (χ2v) is 6.21. The summed E-state index contributed by atoms with van der Waals surface area (Å²) in [6.07, 6.45) is 2.08. The summed E-state index contributed by atoms with van der Waals surface area (Å²) in [7, 11) is 1.64. The second kappa shape index (κ2) is 9.32. The van der Waals surface area contributed by atoms with Crippen LogP contribution in [0.3, 0.4) is 0 Å². The van der Waals surface area contributed by atoms with Gasteiger partial charge in [0.1, 0.15) is 5.75 Å². The zero-order valence-corrected chi connectivity index (χ0v) is 15.2. The maximum atomic E-state index is 11.8. The van der Waals surface area contributed by atoms with Gasteiger partial charge < -0.3 is 14.6 Å². The molecule has 2 aromatic rings. The zero-order chi connectivity index (χ0) is 17.4. The van der Waals surface area contributed by atoms with Crippen LogP contribution >= 0.6 is 11.8 Å². The predicted octanol–water partition coefficient (Wildman–Crippen LogP) is 2.98. The maximum Gasteiger partial charge on any atom is 0.230 e. The van der Waals surface area contributed by atoms with Gasteiger partial charge in [0.25, 0.3) is 0 Å². The Morgan fingerprint density at radius 3 is 2.62 bits per heavy atom. The first-order chi connectivity index (χ1) is 11.7. The van der Waals surface area contributed by atoms with Crippen LogP contribution < -0.4 is 10.1 Å². The van der Waals surface area contributed by atoms with Crippen LogP contribution in [0.25, 0.3) is 11.4 Å². The van der Waals surface area contributed by atoms with Crippen molar-refractivity contribution in [2.75, 3.05) is 19.4 Å². The van der Waals surface area contributed by atoms with Crippen LogP contribution in [0.15, 0.2) is 29.4 Å². The first kappa shape index (κ1) is 18.3. The van der Waals surface area contributed by atoms with Crippen molar-refractivity contribution in [1.82, 2.24) is 20.1 Å². The van der Waals surface area contributed by atoms with E-state index in [4.69, 9.17) is 4.74 Å². The number of rotatable bonds is 9. The first-order valence-electron chi connectivity index (χ1n) is 8.16. The minimum Gasteiger partial charge on any atom is -0.497 e. The van der Waals surface area contributed by atoms with Gasteiger partial charge in [-0.2, -0.15) is 0 Å². The Labute approximate surface area is 147 Å². The van der Waals surface area contributed by atoms with Crippen LogP contribution in [0.5, 0.6) is 5.75 Å². The third kappa shape index (κ3) is 4.74. The number of unbranched alkanes of at least 4 members (excludes halogenated alkanes) is 1. The van der Waals surface area contributed by atoms with E-state index in [1.807, 2.05) is 35.8 Å². The Morgan fingerprint density at radius 2 is 2.00 bits per heavy atom. The summed E-state index contributed by atoms with van der Waals surface area (Å²) in [4.78, 5) is 11.8. The van der Waals surface area contributed by atoms with Crippen LogP contribution in [0.4, 0.5) is 0 Å². The monoisotopic (exact) mass is 348 g/mol. The Morgan fingerprint density at radius 1 is 1.25 bits per heavy atom. The van der Waals surface area contributed by atoms with Gasteiger partial charge in [-0.05, 0) is 37.6 Å². The van der Waals surface area contributed by atoms with Crippen molar-refractivity contribution in [2.24, 2.45) is 0 Å². The molecule has 7 heteroatoms. The molecule has 24 heavy (non-hydrogen) atoms. The molecular weight excluding hydrogens is 324 g/mol. The lowest BCUT2D eigenvalue weighted by Gasteiger charge is -2.08. The van der Waals surface area contributed by atoms with Gasteiger partial charge in [-0.15, -0.1) is 10.2 Å². The zero-order valence-electron chi connectivity index (χ0n) is 14.4. The Balaban J connectivity index is 2.04. The number of thioether (sulfide) groups is 1. The quantitative estimate of drug-likeness (QED) is 0.557. The number of nitrogens with zero attached hydrogens (tertiary/aromatic N) is 3. The SMILES string of the molecule is CCCCNC(=O)CSc1nnc(-c2ccc(OC)cc2)n1CC. The van der Waals surface area contributed by atoms with E-state index in [9.17, 15) is 4.79 Å². The number of ether oxygens (including phenoxy) is 1. The van der Waals surface area contributed by atoms with E-state index >= 15 is 0 Å². The van der Waals surface area contributed by atoms with E-state index in [1.165, 1.54) is 11.8 Å². The number of methoxy groups -OCH3 is 1. The molecule has 0 spiro atoms. The van der Waals surface area contributed by atoms with Gasteiger partial charge >= 0.3 is 0 Å². The van der Waals surface area contributed by atoms with Crippen LogP contribution in [0.1, 0.15) is 26.7 Å². The molecule has 1 aromatic heterocycles. The smallest absolute Gasteiger partial charge is 0.230 e.